The molecule has 0 heterocycles. The van der Waals surface area contributed by atoms with Crippen LogP contribution in [0.25, 0.3) is 0 Å². The maximum Gasteiger partial charge on any atom is 0.0581 e. The molecule has 21 heavy (non-hydrogen) atoms. The molecule has 0 aliphatic rings. The van der Waals surface area contributed by atoms with E-state index >= 15 is 0 Å². The molecule has 0 amide bonds. The Labute approximate surface area is 135 Å². The smallest absolute Gasteiger partial charge is 0.0581 e. The van der Waals surface area contributed by atoms with Crippen molar-refractivity contribution in [2.75, 3.05) is 0 Å². The molecule has 0 aromatic heterocycles. The van der Waals surface area contributed by atoms with Crippen LogP contribution in [-0.4, -0.2) is 12.2 Å². The second kappa shape index (κ2) is 11.5. The zero-order chi connectivity index (χ0) is 16.4. The molecule has 0 fully saturated rings. The summed E-state index contributed by atoms with van der Waals surface area (Å²) < 4.78 is 6.57. The van der Waals surface area contributed by atoms with Crippen molar-refractivity contribution in [3.8, 4) is 0 Å². The van der Waals surface area contributed by atoms with Gasteiger partial charge in [-0.3, -0.25) is 0 Å². The summed E-state index contributed by atoms with van der Waals surface area (Å²) in [5, 5.41) is 0. The van der Waals surface area contributed by atoms with Crippen molar-refractivity contribution >= 4 is 0 Å². The van der Waals surface area contributed by atoms with Gasteiger partial charge in [0.25, 0.3) is 0 Å². The van der Waals surface area contributed by atoms with E-state index in [1.807, 2.05) is 0 Å². The van der Waals surface area contributed by atoms with E-state index in [0.717, 1.165) is 23.7 Å². The van der Waals surface area contributed by atoms with Crippen LogP contribution in [0.1, 0.15) is 93.9 Å². The van der Waals surface area contributed by atoms with Crippen LogP contribution >= 0.6 is 0 Å². The van der Waals surface area contributed by atoms with Crippen LogP contribution < -0.4 is 0 Å². The largest absolute Gasteiger partial charge is 0.375 e. The average Bonchev–Trinajstić information content (AvgIpc) is 2.38. The zero-order valence-electron chi connectivity index (χ0n) is 16.1. The molecular weight excluding hydrogens is 256 g/mol. The lowest BCUT2D eigenvalue weighted by molar-refractivity contribution is -0.0456. The lowest BCUT2D eigenvalue weighted by Gasteiger charge is -2.30. The van der Waals surface area contributed by atoms with Gasteiger partial charge >= 0.3 is 0 Å². The second-order valence-corrected chi connectivity index (χ2v) is 7.87. The summed E-state index contributed by atoms with van der Waals surface area (Å²) in [7, 11) is 0. The SMILES string of the molecule is CCCC(CC(C)C(C)C)OC(CCC)CC(C)C(C)C. The first kappa shape index (κ1) is 21.0. The van der Waals surface area contributed by atoms with Crippen molar-refractivity contribution in [1.29, 1.82) is 0 Å². The van der Waals surface area contributed by atoms with E-state index < -0.39 is 0 Å². The molecule has 0 N–H and O–H groups in total. The lowest BCUT2D eigenvalue weighted by atomic mass is 9.89. The number of hydrogen-bond donors (Lipinski definition) is 0. The molecule has 1 heteroatoms. The zero-order valence-corrected chi connectivity index (χ0v) is 16.1. The monoisotopic (exact) mass is 298 g/mol. The Kier molecular flexibility index (Phi) is 11.5. The minimum absolute atomic E-state index is 0.461. The normalized spacial score (nSPS) is 18.0. The van der Waals surface area contributed by atoms with Crippen molar-refractivity contribution < 1.29 is 4.74 Å². The molecule has 0 radical (unpaired) electrons. The Balaban J connectivity index is 4.57. The molecule has 0 bridgehead atoms. The molecule has 0 rings (SSSR count). The van der Waals surface area contributed by atoms with Gasteiger partial charge in [-0.1, -0.05) is 68.2 Å². The van der Waals surface area contributed by atoms with Gasteiger partial charge in [0.2, 0.25) is 0 Å². The van der Waals surface area contributed by atoms with Crippen molar-refractivity contribution in [2.45, 2.75) is 106 Å². The molecule has 4 unspecified atom stereocenters. The Morgan fingerprint density at radius 2 is 0.952 bits per heavy atom. The van der Waals surface area contributed by atoms with Gasteiger partial charge in [0, 0.05) is 0 Å². The number of ether oxygens (including phenoxy) is 1. The quantitative estimate of drug-likeness (QED) is 0.389. The standard InChI is InChI=1S/C20H42O/c1-9-11-19(13-17(7)15(3)4)21-20(12-10-2)14-18(8)16(5)6/h15-20H,9-14H2,1-8H3. The van der Waals surface area contributed by atoms with Crippen LogP contribution in [0.5, 0.6) is 0 Å². The van der Waals surface area contributed by atoms with Crippen LogP contribution in [0.2, 0.25) is 0 Å². The highest BCUT2D eigenvalue weighted by Gasteiger charge is 2.22. The number of hydrogen-bond acceptors (Lipinski definition) is 1. The summed E-state index contributed by atoms with van der Waals surface area (Å²) in [5.41, 5.74) is 0. The van der Waals surface area contributed by atoms with E-state index in [1.54, 1.807) is 0 Å². The molecule has 4 atom stereocenters. The highest BCUT2D eigenvalue weighted by Crippen LogP contribution is 2.26. The predicted molar refractivity (Wildman–Crippen MR) is 95.7 cm³/mol. The van der Waals surface area contributed by atoms with Crippen molar-refractivity contribution in [1.82, 2.24) is 0 Å². The minimum atomic E-state index is 0.461. The maximum absolute atomic E-state index is 6.57. The average molecular weight is 299 g/mol. The predicted octanol–water partition coefficient (Wildman–Crippen LogP) is 6.70. The first-order valence-corrected chi connectivity index (χ1v) is 9.47. The minimum Gasteiger partial charge on any atom is -0.375 e. The second-order valence-electron chi connectivity index (χ2n) is 7.87. The van der Waals surface area contributed by atoms with Gasteiger partial charge in [-0.25, -0.2) is 0 Å². The summed E-state index contributed by atoms with van der Waals surface area (Å²) >= 11 is 0. The van der Waals surface area contributed by atoms with Crippen LogP contribution in [0.3, 0.4) is 0 Å². The Morgan fingerprint density at radius 3 is 1.19 bits per heavy atom. The molecule has 0 aromatic carbocycles. The third kappa shape index (κ3) is 9.55. The van der Waals surface area contributed by atoms with Gasteiger partial charge in [0.1, 0.15) is 0 Å². The van der Waals surface area contributed by atoms with E-state index in [9.17, 15) is 0 Å². The number of rotatable bonds is 12. The molecule has 1 nitrogen and oxygen atoms in total. The molecule has 0 saturated heterocycles. The molecule has 0 aromatic rings. The summed E-state index contributed by atoms with van der Waals surface area (Å²) in [6.45, 7) is 18.6. The van der Waals surface area contributed by atoms with Crippen LogP contribution in [0.15, 0.2) is 0 Å². The van der Waals surface area contributed by atoms with Crippen LogP contribution in [0, 0.1) is 23.7 Å². The van der Waals surface area contributed by atoms with Gasteiger partial charge in [0.05, 0.1) is 12.2 Å². The molecule has 0 aliphatic carbocycles. The summed E-state index contributed by atoms with van der Waals surface area (Å²) in [5.74, 6) is 3.03. The van der Waals surface area contributed by atoms with Gasteiger partial charge in [-0.05, 0) is 49.4 Å². The van der Waals surface area contributed by atoms with E-state index in [0.29, 0.717) is 12.2 Å². The fourth-order valence-corrected chi connectivity index (χ4v) is 2.77. The van der Waals surface area contributed by atoms with Crippen molar-refractivity contribution in [3.63, 3.8) is 0 Å². The summed E-state index contributed by atoms with van der Waals surface area (Å²) in [6, 6.07) is 0. The molecule has 128 valence electrons. The summed E-state index contributed by atoms with van der Waals surface area (Å²) in [4.78, 5) is 0. The van der Waals surface area contributed by atoms with Gasteiger partial charge in [-0.2, -0.15) is 0 Å². The fraction of sp³-hybridized carbons (Fsp3) is 1.00. The molecular formula is C20H42O. The molecule has 0 aliphatic heterocycles. The first-order valence-electron chi connectivity index (χ1n) is 9.47. The topological polar surface area (TPSA) is 9.23 Å². The lowest BCUT2D eigenvalue weighted by Crippen LogP contribution is -2.27. The Morgan fingerprint density at radius 1 is 0.619 bits per heavy atom. The maximum atomic E-state index is 6.57. The van der Waals surface area contributed by atoms with E-state index in [4.69, 9.17) is 4.74 Å². The van der Waals surface area contributed by atoms with Gasteiger partial charge in [-0.15, -0.1) is 0 Å². The third-order valence-corrected chi connectivity index (χ3v) is 5.15. The Bertz CT molecular complexity index is 210. The van der Waals surface area contributed by atoms with E-state index in [2.05, 4.69) is 55.4 Å². The van der Waals surface area contributed by atoms with Crippen LogP contribution in [-0.2, 0) is 4.74 Å². The summed E-state index contributed by atoms with van der Waals surface area (Å²) in [6.07, 6.45) is 8.26. The Hall–Kier alpha value is -0.0400. The van der Waals surface area contributed by atoms with E-state index in [-0.39, 0.29) is 0 Å². The van der Waals surface area contributed by atoms with Crippen LogP contribution in [0.4, 0.5) is 0 Å². The van der Waals surface area contributed by atoms with Crippen molar-refractivity contribution in [3.05, 3.63) is 0 Å². The van der Waals surface area contributed by atoms with E-state index in [1.165, 1.54) is 38.5 Å². The van der Waals surface area contributed by atoms with Crippen molar-refractivity contribution in [2.24, 2.45) is 23.7 Å². The highest BCUT2D eigenvalue weighted by atomic mass is 16.5. The third-order valence-electron chi connectivity index (χ3n) is 5.15. The fourth-order valence-electron chi connectivity index (χ4n) is 2.77. The molecule has 0 saturated carbocycles. The van der Waals surface area contributed by atoms with Gasteiger partial charge in [0.15, 0.2) is 0 Å². The molecule has 0 spiro atoms. The first-order chi connectivity index (χ1) is 9.81. The highest BCUT2D eigenvalue weighted by molar-refractivity contribution is 4.71. The van der Waals surface area contributed by atoms with Gasteiger partial charge < -0.3 is 4.74 Å².